The van der Waals surface area contributed by atoms with Gasteiger partial charge in [-0.15, -0.1) is 0 Å². The van der Waals surface area contributed by atoms with Crippen LogP contribution in [-0.2, 0) is 26.1 Å². The smallest absolute Gasteiger partial charge is 0.243 e. The summed E-state index contributed by atoms with van der Waals surface area (Å²) >= 11 is 12.6. The van der Waals surface area contributed by atoms with Gasteiger partial charge in [-0.2, -0.15) is 4.31 Å². The maximum absolute atomic E-state index is 14.0. The van der Waals surface area contributed by atoms with Crippen LogP contribution in [0.4, 0.5) is 17.1 Å². The van der Waals surface area contributed by atoms with Gasteiger partial charge in [-0.3, -0.25) is 0 Å². The lowest BCUT2D eigenvalue weighted by molar-refractivity contribution is 0.0441. The van der Waals surface area contributed by atoms with Gasteiger partial charge in [0.25, 0.3) is 0 Å². The summed E-state index contributed by atoms with van der Waals surface area (Å²) in [4.78, 5) is 2.88. The first-order valence-electron chi connectivity index (χ1n) is 19.6. The summed E-state index contributed by atoms with van der Waals surface area (Å²) in [5, 5.41) is 8.58. The van der Waals surface area contributed by atoms with E-state index in [1.807, 2.05) is 60.7 Å². The third kappa shape index (κ3) is 9.04. The number of halogens is 2. The predicted octanol–water partition coefficient (Wildman–Crippen LogP) is 9.64. The standard InChI is InChI=1S/C45H48Cl2N4O4S/c46-37-16-11-33(12-17-37)44(34-13-18-38(47)19-14-34)36-15-20-42-43(29-36)51(45(49-42)35-9-10-35)40-21-24-50(25-22-40)56(52,53)41-8-4-7-39(30-41)48-23-26-54-27-28-55-31-32-5-2-1-3-6-32/h1-8,11-20,29-30,35,40,44-45,48-49H,9-10,21-28,31H2. The van der Waals surface area contributed by atoms with E-state index in [4.69, 9.17) is 32.7 Å². The Kier molecular flexibility index (Phi) is 12.2. The molecule has 1 atom stereocenters. The monoisotopic (exact) mass is 810 g/mol. The van der Waals surface area contributed by atoms with Crippen molar-refractivity contribution in [1.29, 1.82) is 0 Å². The lowest BCUT2D eigenvalue weighted by Crippen LogP contribution is -2.51. The van der Waals surface area contributed by atoms with Crippen molar-refractivity contribution >= 4 is 50.3 Å². The molecule has 8 rings (SSSR count). The zero-order chi connectivity index (χ0) is 38.5. The van der Waals surface area contributed by atoms with Crippen LogP contribution in [0.25, 0.3) is 0 Å². The van der Waals surface area contributed by atoms with Crippen LogP contribution in [-0.4, -0.2) is 64.4 Å². The van der Waals surface area contributed by atoms with Crippen LogP contribution in [0.2, 0.25) is 10.0 Å². The minimum Gasteiger partial charge on any atom is -0.383 e. The Bertz CT molecular complexity index is 2130. The van der Waals surface area contributed by atoms with Gasteiger partial charge in [-0.05, 0) is 108 Å². The minimum absolute atomic E-state index is 0.00816. The summed E-state index contributed by atoms with van der Waals surface area (Å²) in [6, 6.07) is 40.3. The minimum atomic E-state index is -3.67. The predicted molar refractivity (Wildman–Crippen MR) is 227 cm³/mol. The highest BCUT2D eigenvalue weighted by Crippen LogP contribution is 2.48. The van der Waals surface area contributed by atoms with Crippen molar-refractivity contribution in [1.82, 2.24) is 4.31 Å². The second-order valence-corrected chi connectivity index (χ2v) is 17.7. The number of hydrogen-bond acceptors (Lipinski definition) is 7. The molecule has 1 saturated carbocycles. The molecule has 2 fully saturated rings. The topological polar surface area (TPSA) is 83.1 Å². The molecule has 0 bridgehead atoms. The number of sulfonamides is 1. The van der Waals surface area contributed by atoms with Gasteiger partial charge in [0.1, 0.15) is 6.17 Å². The van der Waals surface area contributed by atoms with Gasteiger partial charge < -0.3 is 25.0 Å². The molecule has 292 valence electrons. The number of hydrogen-bond donors (Lipinski definition) is 2. The average Bonchev–Trinajstić information content (AvgIpc) is 4.01. The molecule has 0 amide bonds. The van der Waals surface area contributed by atoms with E-state index in [9.17, 15) is 8.42 Å². The number of piperidine rings is 1. The van der Waals surface area contributed by atoms with Crippen LogP contribution in [0, 0.1) is 5.92 Å². The summed E-state index contributed by atoms with van der Waals surface area (Å²) in [7, 11) is -3.67. The van der Waals surface area contributed by atoms with Crippen LogP contribution in [0.15, 0.2) is 126 Å². The van der Waals surface area contributed by atoms with E-state index in [-0.39, 0.29) is 18.1 Å². The molecule has 56 heavy (non-hydrogen) atoms. The molecule has 1 saturated heterocycles. The Labute approximate surface area is 340 Å². The summed E-state index contributed by atoms with van der Waals surface area (Å²) in [5.41, 5.74) is 7.70. The molecule has 2 heterocycles. The molecule has 0 spiro atoms. The van der Waals surface area contributed by atoms with Crippen LogP contribution in [0.1, 0.15) is 53.9 Å². The number of benzene rings is 5. The van der Waals surface area contributed by atoms with Crippen LogP contribution in [0.5, 0.6) is 0 Å². The van der Waals surface area contributed by atoms with Crippen molar-refractivity contribution in [3.05, 3.63) is 154 Å². The van der Waals surface area contributed by atoms with Crippen molar-refractivity contribution in [2.45, 2.75) is 55.3 Å². The summed E-state index contributed by atoms with van der Waals surface area (Å²) in [6.45, 7) is 3.54. The highest BCUT2D eigenvalue weighted by molar-refractivity contribution is 7.89. The molecule has 5 aromatic rings. The van der Waals surface area contributed by atoms with Gasteiger partial charge in [0.05, 0.1) is 42.7 Å². The van der Waals surface area contributed by atoms with Crippen molar-refractivity contribution < 1.29 is 17.9 Å². The molecule has 0 aromatic heterocycles. The van der Waals surface area contributed by atoms with Crippen molar-refractivity contribution in [3.8, 4) is 0 Å². The Hall–Kier alpha value is -4.09. The second-order valence-electron chi connectivity index (χ2n) is 14.9. The maximum Gasteiger partial charge on any atom is 0.243 e. The van der Waals surface area contributed by atoms with Crippen LogP contribution < -0.4 is 15.5 Å². The summed E-state index contributed by atoms with van der Waals surface area (Å²) in [5.74, 6) is 0.566. The molecule has 3 aliphatic rings. The highest BCUT2D eigenvalue weighted by Gasteiger charge is 2.44. The maximum atomic E-state index is 14.0. The first kappa shape index (κ1) is 38.8. The number of ether oxygens (including phenoxy) is 2. The number of rotatable bonds is 16. The molecular weight excluding hydrogens is 763 g/mol. The normalized spacial score (nSPS) is 17.6. The van der Waals surface area contributed by atoms with Gasteiger partial charge >= 0.3 is 0 Å². The highest BCUT2D eigenvalue weighted by atomic mass is 35.5. The SMILES string of the molecule is O=S(=O)(c1cccc(NCCOCCOCc2ccccc2)c1)N1CCC(N2c3cc(C(c4ccc(Cl)cc4)c4ccc(Cl)cc4)ccc3NC2C2CC2)CC1. The fourth-order valence-electron chi connectivity index (χ4n) is 8.04. The number of nitrogens with zero attached hydrogens (tertiary/aromatic N) is 2. The van der Waals surface area contributed by atoms with Gasteiger partial charge in [-0.1, -0.05) is 89.9 Å². The van der Waals surface area contributed by atoms with Crippen molar-refractivity contribution in [2.24, 2.45) is 5.92 Å². The number of fused-ring (bicyclic) bond motifs is 1. The quantitative estimate of drug-likeness (QED) is 0.0759. The Balaban J connectivity index is 0.908. The summed E-state index contributed by atoms with van der Waals surface area (Å²) < 4.78 is 41.0. The molecule has 5 aromatic carbocycles. The van der Waals surface area contributed by atoms with Crippen molar-refractivity contribution in [3.63, 3.8) is 0 Å². The van der Waals surface area contributed by atoms with Gasteiger partial charge in [-0.25, -0.2) is 8.42 Å². The Morgan fingerprint density at radius 2 is 1.38 bits per heavy atom. The third-order valence-electron chi connectivity index (χ3n) is 11.1. The second kappa shape index (κ2) is 17.6. The first-order chi connectivity index (χ1) is 27.3. The molecule has 1 unspecified atom stereocenters. The van der Waals surface area contributed by atoms with E-state index in [2.05, 4.69) is 58.0 Å². The molecule has 1 aliphatic carbocycles. The first-order valence-corrected chi connectivity index (χ1v) is 21.8. The van der Waals surface area contributed by atoms with E-state index in [1.54, 1.807) is 22.5 Å². The molecular formula is C45H48Cl2N4O4S. The van der Waals surface area contributed by atoms with E-state index >= 15 is 0 Å². The van der Waals surface area contributed by atoms with Gasteiger partial charge in [0.15, 0.2) is 0 Å². The van der Waals surface area contributed by atoms with E-state index in [0.717, 1.165) is 40.9 Å². The zero-order valence-corrected chi connectivity index (χ0v) is 33.7. The summed E-state index contributed by atoms with van der Waals surface area (Å²) in [6.07, 6.45) is 4.08. The number of anilines is 3. The Morgan fingerprint density at radius 3 is 2.05 bits per heavy atom. The van der Waals surface area contributed by atoms with Crippen LogP contribution in [0.3, 0.4) is 0 Å². The fraction of sp³-hybridized carbons (Fsp3) is 0.333. The van der Waals surface area contributed by atoms with Crippen molar-refractivity contribution in [2.75, 3.05) is 55.0 Å². The third-order valence-corrected chi connectivity index (χ3v) is 13.5. The Morgan fingerprint density at radius 1 is 0.714 bits per heavy atom. The van der Waals surface area contributed by atoms with Gasteiger partial charge in [0, 0.05) is 47.3 Å². The molecule has 2 aliphatic heterocycles. The fourth-order valence-corrected chi connectivity index (χ4v) is 9.81. The van der Waals surface area contributed by atoms with E-state index in [0.29, 0.717) is 66.9 Å². The molecule has 8 nitrogen and oxygen atoms in total. The van der Waals surface area contributed by atoms with Crippen LogP contribution >= 0.6 is 23.2 Å². The lowest BCUT2D eigenvalue weighted by atomic mass is 9.85. The molecule has 11 heteroatoms. The largest absolute Gasteiger partial charge is 0.383 e. The van der Waals surface area contributed by atoms with E-state index in [1.165, 1.54) is 24.1 Å². The molecule has 2 N–H and O–H groups in total. The zero-order valence-electron chi connectivity index (χ0n) is 31.3. The number of nitrogens with one attached hydrogen (secondary N) is 2. The average molecular weight is 812 g/mol. The lowest BCUT2D eigenvalue weighted by Gasteiger charge is -2.40. The van der Waals surface area contributed by atoms with Gasteiger partial charge in [0.2, 0.25) is 10.0 Å². The van der Waals surface area contributed by atoms with E-state index < -0.39 is 10.0 Å². The molecule has 0 radical (unpaired) electrons.